The van der Waals surface area contributed by atoms with Crippen LogP contribution in [0.2, 0.25) is 0 Å². The van der Waals surface area contributed by atoms with Gasteiger partial charge in [-0.3, -0.25) is 14.3 Å². The number of carboxylic acid groups (broad SMARTS) is 1. The first kappa shape index (κ1) is 12.9. The van der Waals surface area contributed by atoms with Crippen LogP contribution in [-0.4, -0.2) is 20.6 Å². The minimum Gasteiger partial charge on any atom is -0.478 e. The van der Waals surface area contributed by atoms with Crippen LogP contribution in [0.5, 0.6) is 0 Å². The van der Waals surface area contributed by atoms with E-state index < -0.39 is 35.3 Å². The zero-order valence-corrected chi connectivity index (χ0v) is 7.79. The summed E-state index contributed by atoms with van der Waals surface area (Å²) in [7, 11) is 0. The Hall–Kier alpha value is -2.13. The molecule has 1 aromatic rings. The molecule has 1 aromatic heterocycles. The van der Waals surface area contributed by atoms with E-state index in [1.807, 2.05) is 0 Å². The Morgan fingerprint density at radius 3 is 2.35 bits per heavy atom. The Morgan fingerprint density at radius 2 is 1.94 bits per heavy atom. The highest BCUT2D eigenvalue weighted by atomic mass is 19.4. The van der Waals surface area contributed by atoms with E-state index in [1.54, 1.807) is 0 Å². The second-order valence-corrected chi connectivity index (χ2v) is 2.88. The number of hydrogen-bond donors (Lipinski definition) is 2. The fraction of sp³-hybridized carbons (Fsp3) is 0.286. The Kier molecular flexibility index (Phi) is 3.07. The van der Waals surface area contributed by atoms with Gasteiger partial charge in [0.1, 0.15) is 5.56 Å². The van der Waals surface area contributed by atoms with E-state index in [1.165, 1.54) is 4.98 Å². The number of alkyl halides is 4. The third kappa shape index (κ3) is 2.52. The van der Waals surface area contributed by atoms with E-state index in [-0.39, 0.29) is 10.8 Å². The number of nitrogens with zero attached hydrogens (tertiary/aromatic N) is 1. The van der Waals surface area contributed by atoms with Gasteiger partial charge in [0.15, 0.2) is 0 Å². The van der Waals surface area contributed by atoms with E-state index in [9.17, 15) is 31.9 Å². The number of aliphatic carboxylic acids is 1. The quantitative estimate of drug-likeness (QED) is 0.734. The predicted octanol–water partition coefficient (Wildman–Crippen LogP) is 0.108. The van der Waals surface area contributed by atoms with Crippen molar-refractivity contribution in [3.63, 3.8) is 0 Å². The molecule has 94 valence electrons. The molecule has 2 N–H and O–H groups in total. The molecule has 0 amide bonds. The second kappa shape index (κ2) is 4.03. The predicted molar refractivity (Wildman–Crippen MR) is 44.1 cm³/mol. The highest BCUT2D eigenvalue weighted by Gasteiger charge is 2.36. The summed E-state index contributed by atoms with van der Waals surface area (Å²) in [6.07, 6.45) is -8.32. The standard InChI is InChI=1S/C7H4F4N2O4/c8-3(5(15)16)13-1-2(7(9,10)11)4(14)12-6(13)17/h1,3H,(H,15,16)(H,12,14,17). The first-order chi connectivity index (χ1) is 7.64. The third-order valence-electron chi connectivity index (χ3n) is 1.72. The van der Waals surface area contributed by atoms with Crippen LogP contribution in [0.25, 0.3) is 0 Å². The van der Waals surface area contributed by atoms with Crippen LogP contribution >= 0.6 is 0 Å². The Bertz CT molecular complexity index is 558. The number of halogens is 4. The lowest BCUT2D eigenvalue weighted by Gasteiger charge is -2.10. The van der Waals surface area contributed by atoms with E-state index in [0.717, 1.165) is 0 Å². The Labute approximate surface area is 89.1 Å². The molecule has 1 rings (SSSR count). The number of H-pyrrole nitrogens is 1. The summed E-state index contributed by atoms with van der Waals surface area (Å²) in [6.45, 7) is 0. The summed E-state index contributed by atoms with van der Waals surface area (Å²) in [6, 6.07) is 0. The highest BCUT2D eigenvalue weighted by molar-refractivity contribution is 5.70. The van der Waals surface area contributed by atoms with E-state index in [4.69, 9.17) is 5.11 Å². The molecule has 0 aliphatic heterocycles. The van der Waals surface area contributed by atoms with Crippen LogP contribution in [0.4, 0.5) is 17.6 Å². The van der Waals surface area contributed by atoms with E-state index in [2.05, 4.69) is 0 Å². The number of carbonyl (C=O) groups is 1. The van der Waals surface area contributed by atoms with Crippen LogP contribution in [0.15, 0.2) is 15.8 Å². The van der Waals surface area contributed by atoms with Crippen molar-refractivity contribution in [1.29, 1.82) is 0 Å². The van der Waals surface area contributed by atoms with Crippen molar-refractivity contribution in [3.05, 3.63) is 32.6 Å². The van der Waals surface area contributed by atoms with Gasteiger partial charge in [0.05, 0.1) is 0 Å². The summed E-state index contributed by atoms with van der Waals surface area (Å²) in [5, 5.41) is 8.21. The molecule has 0 aliphatic rings. The Balaban J connectivity index is 3.50. The summed E-state index contributed by atoms with van der Waals surface area (Å²) >= 11 is 0. The molecule has 0 aromatic carbocycles. The third-order valence-corrected chi connectivity index (χ3v) is 1.72. The molecule has 0 spiro atoms. The van der Waals surface area contributed by atoms with Gasteiger partial charge in [0.2, 0.25) is 0 Å². The smallest absolute Gasteiger partial charge is 0.423 e. The molecule has 6 nitrogen and oxygen atoms in total. The van der Waals surface area contributed by atoms with Gasteiger partial charge in [-0.05, 0) is 0 Å². The normalized spacial score (nSPS) is 13.4. The Morgan fingerprint density at radius 1 is 1.41 bits per heavy atom. The maximum Gasteiger partial charge on any atom is 0.423 e. The second-order valence-electron chi connectivity index (χ2n) is 2.88. The summed E-state index contributed by atoms with van der Waals surface area (Å²) in [5.74, 6) is -2.16. The number of aromatic amines is 1. The number of carboxylic acids is 1. The fourth-order valence-electron chi connectivity index (χ4n) is 0.975. The average Bonchev–Trinajstić information content (AvgIpc) is 2.14. The minimum absolute atomic E-state index is 0.181. The number of nitrogens with one attached hydrogen (secondary N) is 1. The average molecular weight is 256 g/mol. The monoisotopic (exact) mass is 256 g/mol. The topological polar surface area (TPSA) is 92.2 Å². The lowest BCUT2D eigenvalue weighted by molar-refractivity contribution is -0.148. The number of rotatable bonds is 2. The number of hydrogen-bond acceptors (Lipinski definition) is 3. The molecule has 0 aliphatic carbocycles. The van der Waals surface area contributed by atoms with Crippen molar-refractivity contribution in [3.8, 4) is 0 Å². The van der Waals surface area contributed by atoms with Gasteiger partial charge < -0.3 is 5.11 Å². The fourth-order valence-corrected chi connectivity index (χ4v) is 0.975. The molecular formula is C7H4F4N2O4. The summed E-state index contributed by atoms with van der Waals surface area (Å²) in [5.41, 5.74) is -5.21. The van der Waals surface area contributed by atoms with Crippen LogP contribution in [-0.2, 0) is 11.0 Å². The van der Waals surface area contributed by atoms with Crippen LogP contribution < -0.4 is 11.2 Å². The summed E-state index contributed by atoms with van der Waals surface area (Å²) < 4.78 is 49.2. The molecule has 0 saturated carbocycles. The minimum atomic E-state index is -5.12. The van der Waals surface area contributed by atoms with Crippen molar-refractivity contribution in [2.45, 2.75) is 12.5 Å². The zero-order valence-electron chi connectivity index (χ0n) is 7.79. The zero-order chi connectivity index (χ0) is 13.4. The first-order valence-electron chi connectivity index (χ1n) is 3.94. The lowest BCUT2D eigenvalue weighted by Crippen LogP contribution is -2.37. The molecule has 1 atom stereocenters. The van der Waals surface area contributed by atoms with Crippen molar-refractivity contribution >= 4 is 5.97 Å². The molecule has 0 radical (unpaired) electrons. The van der Waals surface area contributed by atoms with Gasteiger partial charge in [0, 0.05) is 6.20 Å². The van der Waals surface area contributed by atoms with Crippen LogP contribution in [0.1, 0.15) is 11.9 Å². The molecule has 1 heterocycles. The van der Waals surface area contributed by atoms with Gasteiger partial charge in [-0.25, -0.2) is 14.0 Å². The van der Waals surface area contributed by atoms with Crippen LogP contribution in [0.3, 0.4) is 0 Å². The molecule has 0 bridgehead atoms. The van der Waals surface area contributed by atoms with Gasteiger partial charge in [0.25, 0.3) is 11.9 Å². The highest BCUT2D eigenvalue weighted by Crippen LogP contribution is 2.26. The van der Waals surface area contributed by atoms with Crippen molar-refractivity contribution in [1.82, 2.24) is 9.55 Å². The maximum atomic E-state index is 12.9. The van der Waals surface area contributed by atoms with Crippen molar-refractivity contribution in [2.24, 2.45) is 0 Å². The lowest BCUT2D eigenvalue weighted by atomic mass is 10.3. The molecule has 10 heteroatoms. The molecular weight excluding hydrogens is 252 g/mol. The SMILES string of the molecule is O=C(O)C(F)n1cc(C(F)(F)F)c(=O)[nH]c1=O. The van der Waals surface area contributed by atoms with Crippen molar-refractivity contribution < 1.29 is 27.5 Å². The first-order valence-corrected chi connectivity index (χ1v) is 3.94. The van der Waals surface area contributed by atoms with Crippen LogP contribution in [0, 0.1) is 0 Å². The van der Waals surface area contributed by atoms with Crippen molar-refractivity contribution in [2.75, 3.05) is 0 Å². The van der Waals surface area contributed by atoms with Gasteiger partial charge >= 0.3 is 17.8 Å². The molecule has 0 saturated heterocycles. The molecule has 1 unspecified atom stereocenters. The maximum absolute atomic E-state index is 12.9. The largest absolute Gasteiger partial charge is 0.478 e. The van der Waals surface area contributed by atoms with Gasteiger partial charge in [-0.2, -0.15) is 13.2 Å². The van der Waals surface area contributed by atoms with E-state index >= 15 is 0 Å². The van der Waals surface area contributed by atoms with Gasteiger partial charge in [-0.15, -0.1) is 0 Å². The van der Waals surface area contributed by atoms with Gasteiger partial charge in [-0.1, -0.05) is 0 Å². The van der Waals surface area contributed by atoms with E-state index in [0.29, 0.717) is 0 Å². The summed E-state index contributed by atoms with van der Waals surface area (Å²) in [4.78, 5) is 33.0. The molecule has 17 heavy (non-hydrogen) atoms. The molecule has 0 fully saturated rings. The number of aromatic nitrogens is 2.